The fourth-order valence-corrected chi connectivity index (χ4v) is 2.76. The minimum atomic E-state index is -0.529. The number of carbonyl (C=O) groups is 1. The zero-order chi connectivity index (χ0) is 17.4. The summed E-state index contributed by atoms with van der Waals surface area (Å²) in [7, 11) is 0. The lowest BCUT2D eigenvalue weighted by Crippen LogP contribution is -2.13. The van der Waals surface area contributed by atoms with Crippen molar-refractivity contribution >= 4 is 27.5 Å². The molecule has 0 atom stereocenters. The molecule has 0 saturated heterocycles. The number of fused-ring (bicyclic) bond motifs is 1. The monoisotopic (exact) mass is 403 g/mol. The molecule has 1 aromatic heterocycles. The van der Waals surface area contributed by atoms with E-state index in [2.05, 4.69) is 31.4 Å². The molecule has 0 bridgehead atoms. The molecule has 6 nitrogen and oxygen atoms in total. The van der Waals surface area contributed by atoms with Crippen molar-refractivity contribution in [3.05, 3.63) is 58.4 Å². The minimum Gasteiger partial charge on any atom is -0.454 e. The second-order valence-electron chi connectivity index (χ2n) is 5.31. The molecule has 1 aliphatic rings. The molecule has 3 aromatic rings. The Kier molecular flexibility index (Phi) is 3.89. The van der Waals surface area contributed by atoms with E-state index in [9.17, 15) is 9.18 Å². The molecule has 4 rings (SSSR count). The fourth-order valence-electron chi connectivity index (χ4n) is 2.42. The highest BCUT2D eigenvalue weighted by atomic mass is 79.9. The van der Waals surface area contributed by atoms with Crippen LogP contribution in [-0.2, 0) is 0 Å². The van der Waals surface area contributed by atoms with Crippen molar-refractivity contribution in [2.75, 3.05) is 12.1 Å². The highest BCUT2D eigenvalue weighted by molar-refractivity contribution is 9.10. The molecular weight excluding hydrogens is 393 g/mol. The van der Waals surface area contributed by atoms with Crippen LogP contribution in [0.1, 0.15) is 10.5 Å². The third-order valence-electron chi connectivity index (χ3n) is 3.67. The van der Waals surface area contributed by atoms with Crippen LogP contribution in [-0.4, -0.2) is 22.9 Å². The molecule has 0 fully saturated rings. The highest BCUT2D eigenvalue weighted by Crippen LogP contribution is 2.35. The summed E-state index contributed by atoms with van der Waals surface area (Å²) in [4.78, 5) is 12.3. The summed E-state index contributed by atoms with van der Waals surface area (Å²) in [5, 5.41) is 9.29. The first-order chi connectivity index (χ1) is 12.1. The van der Waals surface area contributed by atoms with Gasteiger partial charge in [0.05, 0.1) is 11.4 Å². The fraction of sp³-hybridized carbons (Fsp3) is 0.0588. The standard InChI is InChI=1S/C17H11BrFN3O3/c18-10-2-3-12(11(19)6-10)20-17(23)14-7-13(21-22-14)9-1-4-15-16(5-9)25-8-24-15/h1-7H,8H2,(H,20,23)(H,21,22). The van der Waals surface area contributed by atoms with E-state index < -0.39 is 11.7 Å². The maximum absolute atomic E-state index is 13.8. The Morgan fingerprint density at radius 2 is 2.00 bits per heavy atom. The van der Waals surface area contributed by atoms with Gasteiger partial charge in [0.15, 0.2) is 11.5 Å². The molecule has 8 heteroatoms. The number of hydrogen-bond acceptors (Lipinski definition) is 4. The van der Waals surface area contributed by atoms with Gasteiger partial charge in [-0.2, -0.15) is 5.10 Å². The number of carbonyl (C=O) groups excluding carboxylic acids is 1. The second-order valence-corrected chi connectivity index (χ2v) is 6.23. The van der Waals surface area contributed by atoms with Gasteiger partial charge >= 0.3 is 0 Å². The van der Waals surface area contributed by atoms with E-state index in [4.69, 9.17) is 9.47 Å². The lowest BCUT2D eigenvalue weighted by Gasteiger charge is -2.05. The van der Waals surface area contributed by atoms with Gasteiger partial charge in [0.1, 0.15) is 11.5 Å². The number of hydrogen-bond donors (Lipinski definition) is 2. The predicted octanol–water partition coefficient (Wildman–Crippen LogP) is 3.96. The van der Waals surface area contributed by atoms with E-state index >= 15 is 0 Å². The van der Waals surface area contributed by atoms with E-state index in [-0.39, 0.29) is 18.2 Å². The predicted molar refractivity (Wildman–Crippen MR) is 92.2 cm³/mol. The number of halogens is 2. The van der Waals surface area contributed by atoms with E-state index in [1.807, 2.05) is 6.07 Å². The van der Waals surface area contributed by atoms with Gasteiger partial charge in [-0.1, -0.05) is 15.9 Å². The van der Waals surface area contributed by atoms with Crippen molar-refractivity contribution in [1.82, 2.24) is 10.2 Å². The zero-order valence-electron chi connectivity index (χ0n) is 12.7. The molecule has 0 spiro atoms. The Hall–Kier alpha value is -2.87. The number of anilines is 1. The number of H-pyrrole nitrogens is 1. The first-order valence-corrected chi connectivity index (χ1v) is 8.11. The van der Waals surface area contributed by atoms with E-state index in [0.717, 1.165) is 5.56 Å². The number of nitrogens with zero attached hydrogens (tertiary/aromatic N) is 1. The molecule has 2 aromatic carbocycles. The summed E-state index contributed by atoms with van der Waals surface area (Å²) in [5.74, 6) is 0.283. The molecule has 1 aliphatic heterocycles. The van der Waals surface area contributed by atoms with Gasteiger partial charge in [-0.25, -0.2) is 4.39 Å². The molecular formula is C17H11BrFN3O3. The van der Waals surface area contributed by atoms with Gasteiger partial charge in [-0.3, -0.25) is 9.89 Å². The third-order valence-corrected chi connectivity index (χ3v) is 4.16. The number of aromatic nitrogens is 2. The quantitative estimate of drug-likeness (QED) is 0.693. The summed E-state index contributed by atoms with van der Waals surface area (Å²) in [6.45, 7) is 0.186. The van der Waals surface area contributed by atoms with Gasteiger partial charge in [-0.05, 0) is 42.5 Å². The van der Waals surface area contributed by atoms with Crippen molar-refractivity contribution in [3.63, 3.8) is 0 Å². The van der Waals surface area contributed by atoms with Gasteiger partial charge in [-0.15, -0.1) is 0 Å². The maximum Gasteiger partial charge on any atom is 0.273 e. The van der Waals surface area contributed by atoms with Gasteiger partial charge in [0.2, 0.25) is 6.79 Å². The van der Waals surface area contributed by atoms with E-state index in [1.54, 1.807) is 24.3 Å². The second kappa shape index (κ2) is 6.21. The van der Waals surface area contributed by atoms with Crippen LogP contribution in [0.3, 0.4) is 0 Å². The van der Waals surface area contributed by atoms with E-state index in [0.29, 0.717) is 21.7 Å². The Morgan fingerprint density at radius 3 is 2.84 bits per heavy atom. The van der Waals surface area contributed by atoms with Crippen LogP contribution in [0.5, 0.6) is 11.5 Å². The molecule has 0 saturated carbocycles. The molecule has 0 aliphatic carbocycles. The number of benzene rings is 2. The van der Waals surface area contributed by atoms with Crippen LogP contribution in [0.2, 0.25) is 0 Å². The summed E-state index contributed by atoms with van der Waals surface area (Å²) >= 11 is 3.17. The van der Waals surface area contributed by atoms with Gasteiger partial charge in [0.25, 0.3) is 5.91 Å². The molecule has 126 valence electrons. The Bertz CT molecular complexity index is 974. The SMILES string of the molecule is O=C(Nc1ccc(Br)cc1F)c1cc(-c2ccc3c(c2)OCO3)n[nH]1. The molecule has 2 heterocycles. The average Bonchev–Trinajstić information content (AvgIpc) is 3.25. The number of nitrogens with one attached hydrogen (secondary N) is 2. The van der Waals surface area contributed by atoms with E-state index in [1.165, 1.54) is 12.1 Å². The minimum absolute atomic E-state index is 0.0902. The first kappa shape index (κ1) is 15.6. The van der Waals surface area contributed by atoms with Gasteiger partial charge < -0.3 is 14.8 Å². The molecule has 1 amide bonds. The van der Waals surface area contributed by atoms with Crippen LogP contribution in [0.25, 0.3) is 11.3 Å². The van der Waals surface area contributed by atoms with Crippen molar-refractivity contribution < 1.29 is 18.7 Å². The number of ether oxygens (including phenoxy) is 2. The molecule has 0 unspecified atom stereocenters. The summed E-state index contributed by atoms with van der Waals surface area (Å²) in [5.41, 5.74) is 1.65. The summed E-state index contributed by atoms with van der Waals surface area (Å²) in [6, 6.07) is 11.4. The normalized spacial score (nSPS) is 12.2. The van der Waals surface area contributed by atoms with Gasteiger partial charge in [0, 0.05) is 10.0 Å². The molecule has 25 heavy (non-hydrogen) atoms. The Morgan fingerprint density at radius 1 is 1.16 bits per heavy atom. The molecule has 2 N–H and O–H groups in total. The van der Waals surface area contributed by atoms with Crippen LogP contribution in [0, 0.1) is 5.82 Å². The van der Waals surface area contributed by atoms with Crippen LogP contribution in [0.15, 0.2) is 46.9 Å². The Labute approximate surface area is 150 Å². The van der Waals surface area contributed by atoms with Crippen LogP contribution in [0.4, 0.5) is 10.1 Å². The smallest absolute Gasteiger partial charge is 0.273 e. The summed E-state index contributed by atoms with van der Waals surface area (Å²) in [6.07, 6.45) is 0. The molecule has 0 radical (unpaired) electrons. The topological polar surface area (TPSA) is 76.2 Å². The van der Waals surface area contributed by atoms with Crippen LogP contribution >= 0.6 is 15.9 Å². The number of aromatic amines is 1. The highest BCUT2D eigenvalue weighted by Gasteiger charge is 2.17. The van der Waals surface area contributed by atoms with Crippen molar-refractivity contribution in [2.24, 2.45) is 0 Å². The third kappa shape index (κ3) is 3.08. The lowest BCUT2D eigenvalue weighted by atomic mass is 10.1. The first-order valence-electron chi connectivity index (χ1n) is 7.32. The number of rotatable bonds is 3. The zero-order valence-corrected chi connectivity index (χ0v) is 14.3. The largest absolute Gasteiger partial charge is 0.454 e. The maximum atomic E-state index is 13.8. The number of amides is 1. The lowest BCUT2D eigenvalue weighted by molar-refractivity contribution is 0.102. The summed E-state index contributed by atoms with van der Waals surface area (Å²) < 4.78 is 25.0. The Balaban J connectivity index is 1.55. The van der Waals surface area contributed by atoms with Crippen molar-refractivity contribution in [1.29, 1.82) is 0 Å². The van der Waals surface area contributed by atoms with Crippen molar-refractivity contribution in [3.8, 4) is 22.8 Å². The van der Waals surface area contributed by atoms with Crippen LogP contribution < -0.4 is 14.8 Å². The van der Waals surface area contributed by atoms with Crippen molar-refractivity contribution in [2.45, 2.75) is 0 Å². The average molecular weight is 404 g/mol.